The van der Waals surface area contributed by atoms with Gasteiger partial charge >= 0.3 is 0 Å². The van der Waals surface area contributed by atoms with Crippen molar-refractivity contribution >= 4 is 27.7 Å². The van der Waals surface area contributed by atoms with Gasteiger partial charge in [-0.3, -0.25) is 16.3 Å². The summed E-state index contributed by atoms with van der Waals surface area (Å²) in [6.07, 6.45) is 4.17. The molecule has 0 aliphatic carbocycles. The van der Waals surface area contributed by atoms with Gasteiger partial charge in [-0.15, -0.1) is 0 Å². The number of nitrogens with one attached hydrogen (secondary N) is 1. The molecule has 2 aromatic heterocycles. The summed E-state index contributed by atoms with van der Waals surface area (Å²) >= 11 is 4.52. The van der Waals surface area contributed by atoms with Gasteiger partial charge in [0, 0.05) is 22.8 Å². The maximum absolute atomic E-state index is 5.49. The Bertz CT molecular complexity index is 430. The molecule has 16 heavy (non-hydrogen) atoms. The minimum absolute atomic E-state index is 0.0487. The predicted octanol–water partition coefficient (Wildman–Crippen LogP) is 1.44. The van der Waals surface area contributed by atoms with Crippen LogP contribution in [0.4, 0.5) is 0 Å². The van der Waals surface area contributed by atoms with Crippen molar-refractivity contribution < 1.29 is 0 Å². The Kier molecular flexibility index (Phi) is 3.94. The molecule has 0 aliphatic rings. The average molecular weight is 300 g/mol. The highest BCUT2D eigenvalue weighted by molar-refractivity contribution is 9.10. The van der Waals surface area contributed by atoms with Crippen molar-refractivity contribution in [1.29, 1.82) is 0 Å². The van der Waals surface area contributed by atoms with Crippen LogP contribution in [0.2, 0.25) is 0 Å². The molecule has 0 spiro atoms. The second kappa shape index (κ2) is 5.44. The molecule has 0 bridgehead atoms. The molecule has 1 atom stereocenters. The lowest BCUT2D eigenvalue weighted by Gasteiger charge is -2.12. The van der Waals surface area contributed by atoms with Gasteiger partial charge in [-0.1, -0.05) is 0 Å². The van der Waals surface area contributed by atoms with E-state index in [4.69, 9.17) is 5.84 Å². The molecule has 5 nitrogen and oxygen atoms in total. The van der Waals surface area contributed by atoms with Crippen LogP contribution in [-0.4, -0.2) is 13.7 Å². The summed E-state index contributed by atoms with van der Waals surface area (Å²) in [6.45, 7) is 0. The Hall–Kier alpha value is -0.890. The van der Waals surface area contributed by atoms with Gasteiger partial charge in [0.2, 0.25) is 0 Å². The first-order valence-electron chi connectivity index (χ1n) is 4.63. The molecule has 0 aliphatic heterocycles. The van der Waals surface area contributed by atoms with Crippen molar-refractivity contribution in [3.05, 3.63) is 40.4 Å². The topological polar surface area (TPSA) is 76.7 Å². The third-order valence-corrected chi connectivity index (χ3v) is 3.10. The summed E-state index contributed by atoms with van der Waals surface area (Å²) in [4.78, 5) is 4.29. The normalized spacial score (nSPS) is 12.6. The lowest BCUT2D eigenvalue weighted by atomic mass is 10.1. The molecule has 84 valence electrons. The molecule has 7 heteroatoms. The highest BCUT2D eigenvalue weighted by Crippen LogP contribution is 2.16. The predicted molar refractivity (Wildman–Crippen MR) is 65.6 cm³/mol. The van der Waals surface area contributed by atoms with Crippen LogP contribution in [0.1, 0.15) is 17.4 Å². The van der Waals surface area contributed by atoms with Crippen LogP contribution in [-0.2, 0) is 6.42 Å². The molecule has 0 amide bonds. The standard InChI is InChI=1S/C9H10BrN5S/c10-6-1-2-7(12-4-6)3-8(14-11)9-5-13-16-15-9/h1-2,4-5,8,14H,3,11H2. The molecule has 0 aromatic carbocycles. The maximum Gasteiger partial charge on any atom is 0.0929 e. The van der Waals surface area contributed by atoms with Gasteiger partial charge in [0.15, 0.2) is 0 Å². The number of hydrogen-bond donors (Lipinski definition) is 2. The van der Waals surface area contributed by atoms with Crippen molar-refractivity contribution in [2.24, 2.45) is 5.84 Å². The van der Waals surface area contributed by atoms with E-state index in [9.17, 15) is 0 Å². The number of halogens is 1. The van der Waals surface area contributed by atoms with E-state index in [1.165, 1.54) is 11.7 Å². The van der Waals surface area contributed by atoms with Crippen LogP contribution in [0.25, 0.3) is 0 Å². The van der Waals surface area contributed by atoms with Crippen molar-refractivity contribution in [3.8, 4) is 0 Å². The van der Waals surface area contributed by atoms with E-state index in [0.717, 1.165) is 15.9 Å². The van der Waals surface area contributed by atoms with Crippen LogP contribution >= 0.6 is 27.7 Å². The van der Waals surface area contributed by atoms with Crippen LogP contribution in [0.3, 0.4) is 0 Å². The fourth-order valence-electron chi connectivity index (χ4n) is 1.31. The summed E-state index contributed by atoms with van der Waals surface area (Å²) in [7, 11) is 0. The van der Waals surface area contributed by atoms with E-state index in [0.29, 0.717) is 6.42 Å². The molecule has 0 saturated heterocycles. The van der Waals surface area contributed by atoms with Gasteiger partial charge in [-0.05, 0) is 28.1 Å². The van der Waals surface area contributed by atoms with Gasteiger partial charge in [0.25, 0.3) is 0 Å². The van der Waals surface area contributed by atoms with E-state index >= 15 is 0 Å². The molecule has 3 N–H and O–H groups in total. The first-order valence-corrected chi connectivity index (χ1v) is 6.16. The van der Waals surface area contributed by atoms with Crippen molar-refractivity contribution in [1.82, 2.24) is 19.2 Å². The zero-order valence-corrected chi connectivity index (χ0v) is 10.7. The maximum atomic E-state index is 5.49. The van der Waals surface area contributed by atoms with Crippen LogP contribution < -0.4 is 11.3 Å². The zero-order chi connectivity index (χ0) is 11.4. The second-order valence-electron chi connectivity index (χ2n) is 3.22. The fraction of sp³-hybridized carbons (Fsp3) is 0.222. The summed E-state index contributed by atoms with van der Waals surface area (Å²) in [5.74, 6) is 5.49. The third kappa shape index (κ3) is 2.82. The number of aromatic nitrogens is 3. The molecule has 2 aromatic rings. The monoisotopic (exact) mass is 299 g/mol. The van der Waals surface area contributed by atoms with Gasteiger partial charge < -0.3 is 0 Å². The molecule has 2 rings (SSSR count). The highest BCUT2D eigenvalue weighted by atomic mass is 79.9. The average Bonchev–Trinajstić information content (AvgIpc) is 2.82. The molecular formula is C9H10BrN5S. The summed E-state index contributed by atoms with van der Waals surface area (Å²) in [6, 6.07) is 3.86. The van der Waals surface area contributed by atoms with Gasteiger partial charge in [0.05, 0.1) is 29.7 Å². The van der Waals surface area contributed by atoms with E-state index in [1.54, 1.807) is 12.4 Å². The Morgan fingerprint density at radius 1 is 1.44 bits per heavy atom. The largest absolute Gasteiger partial charge is 0.271 e. The molecule has 1 unspecified atom stereocenters. The number of rotatable bonds is 4. The number of nitrogens with zero attached hydrogens (tertiary/aromatic N) is 3. The third-order valence-electron chi connectivity index (χ3n) is 2.14. The quantitative estimate of drug-likeness (QED) is 0.660. The van der Waals surface area contributed by atoms with E-state index in [-0.39, 0.29) is 6.04 Å². The minimum atomic E-state index is -0.0487. The molecule has 0 saturated carbocycles. The minimum Gasteiger partial charge on any atom is -0.271 e. The molecule has 0 radical (unpaired) electrons. The molecule has 2 heterocycles. The number of nitrogens with two attached hydrogens (primary N) is 1. The Morgan fingerprint density at radius 2 is 2.31 bits per heavy atom. The molecule has 0 fully saturated rings. The van der Waals surface area contributed by atoms with Crippen molar-refractivity contribution in [2.45, 2.75) is 12.5 Å². The summed E-state index contributed by atoms with van der Waals surface area (Å²) in [5, 5.41) is 0. The number of hydrogen-bond acceptors (Lipinski definition) is 6. The first kappa shape index (κ1) is 11.6. The van der Waals surface area contributed by atoms with Gasteiger partial charge in [0.1, 0.15) is 0 Å². The smallest absolute Gasteiger partial charge is 0.0929 e. The Morgan fingerprint density at radius 3 is 2.88 bits per heavy atom. The lowest BCUT2D eigenvalue weighted by molar-refractivity contribution is 0.536. The lowest BCUT2D eigenvalue weighted by Crippen LogP contribution is -2.30. The van der Waals surface area contributed by atoms with Crippen LogP contribution in [0.5, 0.6) is 0 Å². The zero-order valence-electron chi connectivity index (χ0n) is 8.30. The van der Waals surface area contributed by atoms with Gasteiger partial charge in [-0.2, -0.15) is 8.75 Å². The Balaban J connectivity index is 2.10. The second-order valence-corrected chi connectivity index (χ2v) is 4.70. The number of pyridine rings is 1. The Labute approximate surface area is 106 Å². The highest BCUT2D eigenvalue weighted by Gasteiger charge is 2.13. The SMILES string of the molecule is NNC(Cc1ccc(Br)cn1)c1cnsn1. The fourth-order valence-corrected chi connectivity index (χ4v) is 2.02. The molecular weight excluding hydrogens is 290 g/mol. The van der Waals surface area contributed by atoms with Gasteiger partial charge in [-0.25, -0.2) is 0 Å². The first-order chi connectivity index (χ1) is 7.79. The summed E-state index contributed by atoms with van der Waals surface area (Å²) in [5.41, 5.74) is 4.52. The van der Waals surface area contributed by atoms with Crippen LogP contribution in [0, 0.1) is 0 Å². The summed E-state index contributed by atoms with van der Waals surface area (Å²) < 4.78 is 9.07. The van der Waals surface area contributed by atoms with E-state index in [2.05, 4.69) is 35.1 Å². The van der Waals surface area contributed by atoms with Crippen molar-refractivity contribution in [3.63, 3.8) is 0 Å². The van der Waals surface area contributed by atoms with Crippen molar-refractivity contribution in [2.75, 3.05) is 0 Å². The van der Waals surface area contributed by atoms with E-state index in [1.807, 2.05) is 12.1 Å². The number of hydrazine groups is 1. The van der Waals surface area contributed by atoms with Crippen LogP contribution in [0.15, 0.2) is 29.0 Å². The van der Waals surface area contributed by atoms with E-state index < -0.39 is 0 Å².